The number of carbonyl (C=O) groups excluding carboxylic acids is 1. The molecule has 116 valence electrons. The summed E-state index contributed by atoms with van der Waals surface area (Å²) in [5, 5.41) is 1.60. The molecule has 0 atom stereocenters. The summed E-state index contributed by atoms with van der Waals surface area (Å²) in [6.07, 6.45) is 1.06. The highest BCUT2D eigenvalue weighted by Gasteiger charge is 2.10. The maximum atomic E-state index is 12.2. The fraction of sp³-hybridized carbons (Fsp3) is 0.133. The van der Waals surface area contributed by atoms with Crippen molar-refractivity contribution in [3.8, 4) is 0 Å². The van der Waals surface area contributed by atoms with Crippen LogP contribution < -0.4 is 15.2 Å². The summed E-state index contributed by atoms with van der Waals surface area (Å²) in [6, 6.07) is 15.6. The highest BCUT2D eigenvalue weighted by molar-refractivity contribution is 7.92. The Kier molecular flexibility index (Phi) is 4.67. The number of hydrazine groups is 1. The smallest absolute Gasteiger partial charge is 0.269 e. The topological polar surface area (TPSA) is 78.5 Å². The van der Waals surface area contributed by atoms with Gasteiger partial charge in [-0.1, -0.05) is 24.3 Å². The number of para-hydroxylation sites is 1. The van der Waals surface area contributed by atoms with E-state index < -0.39 is 10.0 Å². The quantitative estimate of drug-likeness (QED) is 0.824. The minimum atomic E-state index is -3.38. The van der Waals surface area contributed by atoms with Gasteiger partial charge < -0.3 is 0 Å². The van der Waals surface area contributed by atoms with Crippen molar-refractivity contribution in [3.05, 3.63) is 60.2 Å². The van der Waals surface area contributed by atoms with Gasteiger partial charge in [0.2, 0.25) is 10.0 Å². The largest absolute Gasteiger partial charge is 0.288 e. The van der Waals surface area contributed by atoms with Gasteiger partial charge in [0.05, 0.1) is 11.9 Å². The second kappa shape index (κ2) is 6.48. The number of nitrogens with one attached hydrogen (secondary N) is 2. The third-order valence-electron chi connectivity index (χ3n) is 2.84. The van der Waals surface area contributed by atoms with Gasteiger partial charge in [-0.15, -0.1) is 0 Å². The zero-order valence-corrected chi connectivity index (χ0v) is 13.1. The van der Waals surface area contributed by atoms with Crippen LogP contribution in [-0.4, -0.2) is 27.6 Å². The Labute approximate surface area is 129 Å². The molecule has 0 aliphatic heterocycles. The number of anilines is 2. The van der Waals surface area contributed by atoms with Crippen molar-refractivity contribution >= 4 is 27.3 Å². The van der Waals surface area contributed by atoms with Gasteiger partial charge in [0.25, 0.3) is 5.91 Å². The van der Waals surface area contributed by atoms with Gasteiger partial charge in [-0.25, -0.2) is 8.42 Å². The number of nitrogens with zero attached hydrogens (tertiary/aromatic N) is 1. The molecular weight excluding hydrogens is 302 g/mol. The zero-order chi connectivity index (χ0) is 16.2. The van der Waals surface area contributed by atoms with Gasteiger partial charge in [0.1, 0.15) is 0 Å². The molecule has 0 aromatic heterocycles. The van der Waals surface area contributed by atoms with Crippen LogP contribution in [-0.2, 0) is 10.0 Å². The molecule has 2 aromatic carbocycles. The summed E-state index contributed by atoms with van der Waals surface area (Å²) in [5.74, 6) is -0.330. The lowest BCUT2D eigenvalue weighted by atomic mass is 10.2. The van der Waals surface area contributed by atoms with Gasteiger partial charge in [0, 0.05) is 18.3 Å². The van der Waals surface area contributed by atoms with E-state index in [9.17, 15) is 13.2 Å². The normalized spacial score (nSPS) is 10.8. The number of benzene rings is 2. The Balaban J connectivity index is 2.11. The van der Waals surface area contributed by atoms with Crippen LogP contribution >= 0.6 is 0 Å². The summed E-state index contributed by atoms with van der Waals surface area (Å²) in [4.78, 5) is 12.2. The number of rotatable bonds is 5. The number of hydrogen-bond acceptors (Lipinski definition) is 4. The Morgan fingerprint density at radius 1 is 1.05 bits per heavy atom. The number of amides is 1. The molecule has 0 radical (unpaired) electrons. The van der Waals surface area contributed by atoms with Gasteiger partial charge in [-0.2, -0.15) is 0 Å². The third kappa shape index (κ3) is 4.49. The number of sulfonamides is 1. The van der Waals surface area contributed by atoms with Crippen LogP contribution in [0.3, 0.4) is 0 Å². The predicted molar refractivity (Wildman–Crippen MR) is 87.2 cm³/mol. The second-order valence-electron chi connectivity index (χ2n) is 4.79. The molecule has 1 amide bonds. The van der Waals surface area contributed by atoms with Gasteiger partial charge in [0.15, 0.2) is 0 Å². The van der Waals surface area contributed by atoms with Crippen molar-refractivity contribution in [1.29, 1.82) is 0 Å². The first-order valence-electron chi connectivity index (χ1n) is 6.53. The van der Waals surface area contributed by atoms with E-state index in [1.807, 2.05) is 30.3 Å². The first kappa shape index (κ1) is 15.8. The number of hydrogen-bond donors (Lipinski definition) is 2. The molecule has 0 heterocycles. The second-order valence-corrected chi connectivity index (χ2v) is 6.54. The van der Waals surface area contributed by atoms with Crippen molar-refractivity contribution < 1.29 is 13.2 Å². The van der Waals surface area contributed by atoms with E-state index in [0.29, 0.717) is 11.3 Å². The molecule has 0 fully saturated rings. The molecule has 0 bridgehead atoms. The molecule has 0 spiro atoms. The van der Waals surface area contributed by atoms with Crippen LogP contribution in [0.5, 0.6) is 0 Å². The monoisotopic (exact) mass is 319 g/mol. The average Bonchev–Trinajstić information content (AvgIpc) is 2.46. The van der Waals surface area contributed by atoms with Gasteiger partial charge in [-0.3, -0.25) is 20.0 Å². The van der Waals surface area contributed by atoms with Crippen LogP contribution in [0.15, 0.2) is 54.6 Å². The Hall–Kier alpha value is -2.54. The minimum Gasteiger partial charge on any atom is -0.288 e. The van der Waals surface area contributed by atoms with E-state index in [1.165, 1.54) is 6.07 Å². The summed E-state index contributed by atoms with van der Waals surface area (Å²) >= 11 is 0. The van der Waals surface area contributed by atoms with Crippen molar-refractivity contribution in [2.75, 3.05) is 23.0 Å². The van der Waals surface area contributed by atoms with E-state index in [0.717, 1.165) is 11.9 Å². The van der Waals surface area contributed by atoms with Gasteiger partial charge in [-0.05, 0) is 30.3 Å². The fourth-order valence-corrected chi connectivity index (χ4v) is 2.43. The first-order valence-corrected chi connectivity index (χ1v) is 8.42. The molecule has 0 aliphatic rings. The summed E-state index contributed by atoms with van der Waals surface area (Å²) in [6.45, 7) is 0. The van der Waals surface area contributed by atoms with Crippen LogP contribution in [0.25, 0.3) is 0 Å². The Morgan fingerprint density at radius 3 is 2.36 bits per heavy atom. The Bertz CT molecular complexity index is 761. The van der Waals surface area contributed by atoms with Crippen LogP contribution in [0.1, 0.15) is 10.4 Å². The molecule has 0 aliphatic carbocycles. The highest BCUT2D eigenvalue weighted by Crippen LogP contribution is 2.13. The van der Waals surface area contributed by atoms with Crippen molar-refractivity contribution in [1.82, 2.24) is 5.43 Å². The number of carbonyl (C=O) groups is 1. The van der Waals surface area contributed by atoms with Crippen molar-refractivity contribution in [2.45, 2.75) is 0 Å². The molecule has 0 saturated carbocycles. The first-order chi connectivity index (χ1) is 10.3. The molecule has 0 saturated heterocycles. The molecule has 2 rings (SSSR count). The van der Waals surface area contributed by atoms with Crippen molar-refractivity contribution in [2.24, 2.45) is 0 Å². The van der Waals surface area contributed by atoms with Crippen LogP contribution in [0.2, 0.25) is 0 Å². The summed E-state index contributed by atoms with van der Waals surface area (Å²) in [5.41, 5.74) is 4.26. The van der Waals surface area contributed by atoms with Gasteiger partial charge >= 0.3 is 0 Å². The standard InChI is InChI=1S/C15H17N3O3S/c1-18(14-9-4-3-5-10-14)16-15(19)12-7-6-8-13(11-12)17-22(2,20)21/h3-11,17H,1-2H3,(H,16,19). The highest BCUT2D eigenvalue weighted by atomic mass is 32.2. The SMILES string of the molecule is CN(NC(=O)c1cccc(NS(C)(=O)=O)c1)c1ccccc1. The lowest BCUT2D eigenvalue weighted by Crippen LogP contribution is -2.39. The summed E-state index contributed by atoms with van der Waals surface area (Å²) < 4.78 is 24.8. The predicted octanol–water partition coefficient (Wildman–Crippen LogP) is 1.84. The van der Waals surface area contributed by atoms with E-state index >= 15 is 0 Å². The lowest BCUT2D eigenvalue weighted by Gasteiger charge is -2.20. The molecule has 0 unspecified atom stereocenters. The van der Waals surface area contributed by atoms with Crippen LogP contribution in [0.4, 0.5) is 11.4 Å². The molecule has 2 N–H and O–H groups in total. The zero-order valence-electron chi connectivity index (χ0n) is 12.3. The summed E-state index contributed by atoms with van der Waals surface area (Å²) in [7, 11) is -1.65. The fourth-order valence-electron chi connectivity index (χ4n) is 1.87. The molecule has 6 nitrogen and oxygen atoms in total. The maximum absolute atomic E-state index is 12.2. The average molecular weight is 319 g/mol. The Morgan fingerprint density at radius 2 is 1.73 bits per heavy atom. The van der Waals surface area contributed by atoms with Crippen LogP contribution in [0, 0.1) is 0 Å². The minimum absolute atomic E-state index is 0.330. The third-order valence-corrected chi connectivity index (χ3v) is 3.45. The molecule has 22 heavy (non-hydrogen) atoms. The molecule has 2 aromatic rings. The van der Waals surface area contributed by atoms with E-state index in [1.54, 1.807) is 30.3 Å². The van der Waals surface area contributed by atoms with Crippen molar-refractivity contribution in [3.63, 3.8) is 0 Å². The molecular formula is C15H17N3O3S. The maximum Gasteiger partial charge on any atom is 0.269 e. The van der Waals surface area contributed by atoms with E-state index in [-0.39, 0.29) is 5.91 Å². The molecule has 7 heteroatoms. The lowest BCUT2D eigenvalue weighted by molar-refractivity contribution is 0.0951. The van der Waals surface area contributed by atoms with E-state index in [4.69, 9.17) is 0 Å². The van der Waals surface area contributed by atoms with E-state index in [2.05, 4.69) is 10.1 Å².